The van der Waals surface area contributed by atoms with E-state index in [4.69, 9.17) is 14.5 Å². The summed E-state index contributed by atoms with van der Waals surface area (Å²) in [7, 11) is 0. The van der Waals surface area contributed by atoms with Crippen molar-refractivity contribution in [3.8, 4) is 33.3 Å². The number of rotatable bonds is 5. The first-order chi connectivity index (χ1) is 14.3. The summed E-state index contributed by atoms with van der Waals surface area (Å²) in [5, 5.41) is 10.4. The van der Waals surface area contributed by atoms with Crippen LogP contribution in [0.3, 0.4) is 0 Å². The molecule has 146 valence electrons. The second-order valence-corrected chi connectivity index (χ2v) is 8.25. The van der Waals surface area contributed by atoms with Gasteiger partial charge in [0.05, 0.1) is 6.04 Å². The smallest absolute Gasteiger partial charge is 0.223 e. The predicted molar refractivity (Wildman–Crippen MR) is 116 cm³/mol. The molecule has 3 aromatic heterocycles. The molecule has 4 heterocycles. The zero-order valence-corrected chi connectivity index (χ0v) is 17.3. The fourth-order valence-corrected chi connectivity index (χ4v) is 4.49. The van der Waals surface area contributed by atoms with Crippen molar-refractivity contribution in [1.82, 2.24) is 15.0 Å². The first kappa shape index (κ1) is 18.1. The number of anilines is 1. The van der Waals surface area contributed by atoms with Gasteiger partial charge in [0, 0.05) is 23.3 Å². The summed E-state index contributed by atoms with van der Waals surface area (Å²) in [4.78, 5) is 13.8. The van der Waals surface area contributed by atoms with Gasteiger partial charge in [-0.2, -0.15) is 11.3 Å². The van der Waals surface area contributed by atoms with E-state index in [0.717, 1.165) is 38.9 Å². The van der Waals surface area contributed by atoms with Gasteiger partial charge in [-0.25, -0.2) is 15.0 Å². The van der Waals surface area contributed by atoms with Crippen LogP contribution in [0.1, 0.15) is 18.5 Å². The highest BCUT2D eigenvalue weighted by atomic mass is 32.1. The van der Waals surface area contributed by atoms with E-state index in [1.54, 1.807) is 28.9 Å². The number of nitrogens with one attached hydrogen (secondary N) is 1. The largest absolute Gasteiger partial charge is 0.486 e. The second-order valence-electron chi connectivity index (χ2n) is 6.57. The van der Waals surface area contributed by atoms with E-state index < -0.39 is 0 Å². The molecule has 1 aliphatic rings. The molecule has 0 amide bonds. The van der Waals surface area contributed by atoms with Gasteiger partial charge < -0.3 is 14.8 Å². The first-order valence-corrected chi connectivity index (χ1v) is 11.1. The number of aromatic nitrogens is 3. The van der Waals surface area contributed by atoms with E-state index in [2.05, 4.69) is 39.0 Å². The number of benzene rings is 1. The average molecular weight is 423 g/mol. The van der Waals surface area contributed by atoms with Crippen LogP contribution in [0.2, 0.25) is 0 Å². The quantitative estimate of drug-likeness (QED) is 0.472. The second kappa shape index (κ2) is 7.81. The van der Waals surface area contributed by atoms with Crippen LogP contribution in [0.5, 0.6) is 11.5 Å². The predicted octanol–water partition coefficient (Wildman–Crippen LogP) is 5.27. The Bertz CT molecular complexity index is 1110. The lowest BCUT2D eigenvalue weighted by atomic mass is 10.1. The minimum Gasteiger partial charge on any atom is -0.486 e. The van der Waals surface area contributed by atoms with E-state index in [1.807, 2.05) is 29.8 Å². The molecule has 1 aromatic carbocycles. The summed E-state index contributed by atoms with van der Waals surface area (Å²) in [6.07, 6.45) is 3.66. The van der Waals surface area contributed by atoms with Gasteiger partial charge in [-0.3, -0.25) is 0 Å². The zero-order chi connectivity index (χ0) is 19.6. The summed E-state index contributed by atoms with van der Waals surface area (Å²) in [6, 6.07) is 8.07. The number of ether oxygens (including phenoxy) is 2. The van der Waals surface area contributed by atoms with Crippen LogP contribution in [-0.4, -0.2) is 28.2 Å². The minimum absolute atomic E-state index is 0.00182. The minimum atomic E-state index is 0.00182. The molecule has 0 aliphatic carbocycles. The summed E-state index contributed by atoms with van der Waals surface area (Å²) < 4.78 is 11.3. The Morgan fingerprint density at radius 1 is 1.07 bits per heavy atom. The number of thiazole rings is 1. The van der Waals surface area contributed by atoms with E-state index in [-0.39, 0.29) is 6.04 Å². The molecule has 6 nitrogen and oxygen atoms in total. The number of hydrogen-bond acceptors (Lipinski definition) is 8. The summed E-state index contributed by atoms with van der Waals surface area (Å²) in [5.74, 6) is 2.13. The lowest BCUT2D eigenvalue weighted by Gasteiger charge is -2.21. The fourth-order valence-electron chi connectivity index (χ4n) is 3.19. The molecule has 0 bridgehead atoms. The topological polar surface area (TPSA) is 69.2 Å². The molecule has 1 aliphatic heterocycles. The molecule has 4 aromatic rings. The number of fused-ring (bicyclic) bond motifs is 1. The van der Waals surface area contributed by atoms with Crippen LogP contribution in [0.25, 0.3) is 21.8 Å². The van der Waals surface area contributed by atoms with Gasteiger partial charge in [0.1, 0.15) is 23.9 Å². The van der Waals surface area contributed by atoms with Gasteiger partial charge in [-0.15, -0.1) is 11.3 Å². The molecule has 0 radical (unpaired) electrons. The third kappa shape index (κ3) is 3.68. The molecular weight excluding hydrogens is 404 g/mol. The highest BCUT2D eigenvalue weighted by Gasteiger charge is 2.17. The maximum absolute atomic E-state index is 5.70. The maximum Gasteiger partial charge on any atom is 0.223 e. The third-order valence-corrected chi connectivity index (χ3v) is 6.13. The summed E-state index contributed by atoms with van der Waals surface area (Å²) in [5.41, 5.74) is 4.01. The Hall–Kier alpha value is -2.97. The van der Waals surface area contributed by atoms with Gasteiger partial charge in [0.15, 0.2) is 11.5 Å². The Morgan fingerprint density at radius 3 is 2.76 bits per heavy atom. The van der Waals surface area contributed by atoms with Gasteiger partial charge >= 0.3 is 0 Å². The Balaban J connectivity index is 1.45. The lowest BCUT2D eigenvalue weighted by Crippen LogP contribution is -2.16. The molecule has 0 fully saturated rings. The molecule has 0 saturated heterocycles. The van der Waals surface area contributed by atoms with Crippen LogP contribution in [-0.2, 0) is 0 Å². The van der Waals surface area contributed by atoms with Crippen molar-refractivity contribution in [1.29, 1.82) is 0 Å². The van der Waals surface area contributed by atoms with E-state index in [1.165, 1.54) is 0 Å². The molecule has 0 saturated carbocycles. The van der Waals surface area contributed by atoms with E-state index >= 15 is 0 Å². The first-order valence-electron chi connectivity index (χ1n) is 9.23. The Kier molecular flexibility index (Phi) is 4.87. The zero-order valence-electron chi connectivity index (χ0n) is 15.7. The van der Waals surface area contributed by atoms with Crippen molar-refractivity contribution in [2.45, 2.75) is 13.0 Å². The average Bonchev–Trinajstić information content (AvgIpc) is 3.47. The van der Waals surface area contributed by atoms with Crippen molar-refractivity contribution in [2.24, 2.45) is 0 Å². The molecule has 5 rings (SSSR count). The van der Waals surface area contributed by atoms with Crippen LogP contribution >= 0.6 is 22.7 Å². The van der Waals surface area contributed by atoms with Crippen molar-refractivity contribution in [3.05, 3.63) is 58.4 Å². The molecule has 0 spiro atoms. The van der Waals surface area contributed by atoms with Gasteiger partial charge in [0.2, 0.25) is 5.95 Å². The number of thiophene rings is 1. The molecule has 8 heteroatoms. The molecule has 1 unspecified atom stereocenters. The SMILES string of the molecule is CC(Nc1ncc(-c2ccsc2)c(-c2nccs2)n1)c1ccc2c(c1)OCCO2. The van der Waals surface area contributed by atoms with E-state index in [9.17, 15) is 0 Å². The monoisotopic (exact) mass is 422 g/mol. The standard InChI is InChI=1S/C21H18N4O2S2/c1-13(14-2-3-17-18(10-14)27-7-6-26-17)24-21-23-11-16(15-4-8-28-12-15)19(25-21)20-22-5-9-29-20/h2-5,8-13H,6-7H2,1H3,(H,23,24,25). The van der Waals surface area contributed by atoms with Gasteiger partial charge in [0.25, 0.3) is 0 Å². The van der Waals surface area contributed by atoms with Crippen LogP contribution in [0.15, 0.2) is 52.8 Å². The Labute approximate surface area is 176 Å². The van der Waals surface area contributed by atoms with Crippen LogP contribution < -0.4 is 14.8 Å². The normalized spacial score (nSPS) is 13.8. The molecule has 1 atom stereocenters. The van der Waals surface area contributed by atoms with Crippen molar-refractivity contribution < 1.29 is 9.47 Å². The summed E-state index contributed by atoms with van der Waals surface area (Å²) >= 11 is 3.22. The molecular formula is C21H18N4O2S2. The number of hydrogen-bond donors (Lipinski definition) is 1. The van der Waals surface area contributed by atoms with E-state index in [0.29, 0.717) is 19.2 Å². The Morgan fingerprint density at radius 2 is 1.97 bits per heavy atom. The molecule has 29 heavy (non-hydrogen) atoms. The fraction of sp³-hybridized carbons (Fsp3) is 0.190. The van der Waals surface area contributed by atoms with Crippen LogP contribution in [0, 0.1) is 0 Å². The summed E-state index contributed by atoms with van der Waals surface area (Å²) in [6.45, 7) is 3.23. The van der Waals surface area contributed by atoms with Crippen molar-refractivity contribution in [2.75, 3.05) is 18.5 Å². The third-order valence-electron chi connectivity index (χ3n) is 4.67. The lowest BCUT2D eigenvalue weighted by molar-refractivity contribution is 0.171. The van der Waals surface area contributed by atoms with Crippen molar-refractivity contribution >= 4 is 28.6 Å². The van der Waals surface area contributed by atoms with Crippen LogP contribution in [0.4, 0.5) is 5.95 Å². The van der Waals surface area contributed by atoms with Gasteiger partial charge in [-0.05, 0) is 47.0 Å². The maximum atomic E-state index is 5.70. The molecule has 1 N–H and O–H groups in total. The highest BCUT2D eigenvalue weighted by molar-refractivity contribution is 7.13. The number of nitrogens with zero attached hydrogens (tertiary/aromatic N) is 3. The highest BCUT2D eigenvalue weighted by Crippen LogP contribution is 2.35. The van der Waals surface area contributed by atoms with Gasteiger partial charge in [-0.1, -0.05) is 6.07 Å². The van der Waals surface area contributed by atoms with Crippen molar-refractivity contribution in [3.63, 3.8) is 0 Å².